The summed E-state index contributed by atoms with van der Waals surface area (Å²) in [7, 11) is -8.08. The molecule has 31 heavy (non-hydrogen) atoms. The van der Waals surface area contributed by atoms with Gasteiger partial charge in [0.2, 0.25) is 0 Å². The Morgan fingerprint density at radius 1 is 0.452 bits per heavy atom. The van der Waals surface area contributed by atoms with Crippen LogP contribution in [-0.2, 0) is 43.7 Å². The second-order valence-electron chi connectivity index (χ2n) is 8.94. The van der Waals surface area contributed by atoms with E-state index in [-0.39, 0.29) is 40.9 Å². The molecule has 4 aliphatic carbocycles. The first-order valence-electron chi connectivity index (χ1n) is 11.7. The van der Waals surface area contributed by atoms with Crippen molar-refractivity contribution in [1.29, 1.82) is 0 Å². The van der Waals surface area contributed by atoms with E-state index in [0.29, 0.717) is 0 Å². The van der Waals surface area contributed by atoms with Crippen molar-refractivity contribution in [2.75, 3.05) is 0 Å². The van der Waals surface area contributed by atoms with E-state index in [2.05, 4.69) is 0 Å². The maximum absolute atomic E-state index is 11.5. The largest absolute Gasteiger partial charge is 2.00 e. The molecule has 184 valence electrons. The van der Waals surface area contributed by atoms with Crippen LogP contribution in [-0.4, -0.2) is 24.4 Å². The number of hydrogen-bond acceptors (Lipinski definition) is 8. The molecule has 4 rings (SSSR count). The molecule has 0 aromatic rings. The molecule has 0 aliphatic heterocycles. The van der Waals surface area contributed by atoms with Crippen LogP contribution in [0.4, 0.5) is 0 Å². The molecular formula is C20H36NiO8P2. The fourth-order valence-electron chi connectivity index (χ4n) is 4.76. The fraction of sp³-hybridized carbons (Fsp3) is 1.00. The fourth-order valence-corrected chi connectivity index (χ4v) is 7.16. The number of phosphoric acid groups is 2. The Balaban J connectivity index is 0.000000213. The summed E-state index contributed by atoms with van der Waals surface area (Å²) in [5.74, 6) is 0. The molecule has 0 heterocycles. The molecule has 0 amide bonds. The zero-order valence-corrected chi connectivity index (χ0v) is 20.9. The normalized spacial score (nSPS) is 24.3. The summed E-state index contributed by atoms with van der Waals surface area (Å²) < 4.78 is 43.2. The van der Waals surface area contributed by atoms with Crippen LogP contribution in [0.2, 0.25) is 0 Å². The molecule has 0 aromatic heterocycles. The maximum atomic E-state index is 11.5. The van der Waals surface area contributed by atoms with Gasteiger partial charge in [0.15, 0.2) is 0 Å². The molecule has 0 unspecified atom stereocenters. The first-order valence-corrected chi connectivity index (χ1v) is 14.6. The molecule has 0 N–H and O–H groups in total. The van der Waals surface area contributed by atoms with E-state index in [1.165, 1.54) is 0 Å². The van der Waals surface area contributed by atoms with Crippen LogP contribution in [0.25, 0.3) is 0 Å². The van der Waals surface area contributed by atoms with Crippen LogP contribution >= 0.6 is 15.6 Å². The summed E-state index contributed by atoms with van der Waals surface area (Å²) >= 11 is 0. The van der Waals surface area contributed by atoms with Crippen molar-refractivity contribution in [3.05, 3.63) is 0 Å². The monoisotopic (exact) mass is 524 g/mol. The van der Waals surface area contributed by atoms with Gasteiger partial charge >= 0.3 is 16.5 Å². The molecule has 0 saturated heterocycles. The molecule has 0 spiro atoms. The van der Waals surface area contributed by atoms with Crippen molar-refractivity contribution >= 4 is 15.6 Å². The molecule has 4 aliphatic rings. The quantitative estimate of drug-likeness (QED) is 0.330. The second kappa shape index (κ2) is 13.6. The Labute approximate surface area is 196 Å². The average Bonchev–Trinajstić information content (AvgIpc) is 3.43. The summed E-state index contributed by atoms with van der Waals surface area (Å²) in [4.78, 5) is 23.1. The SMILES string of the molecule is O=P([O-])(OC1CCCC1)OC1CCCC1.O=P([O-])(OC1CCCC1)OC1CCCC1.[Ni+2]. The molecular weight excluding hydrogens is 489 g/mol. The van der Waals surface area contributed by atoms with Crippen molar-refractivity contribution < 1.29 is 53.5 Å². The molecule has 11 heteroatoms. The van der Waals surface area contributed by atoms with Crippen LogP contribution in [0.5, 0.6) is 0 Å². The van der Waals surface area contributed by atoms with E-state index in [0.717, 1.165) is 103 Å². The Hall–Kier alpha value is 0.714. The minimum atomic E-state index is -4.04. The number of hydrogen-bond donors (Lipinski definition) is 0. The first kappa shape index (κ1) is 28.0. The van der Waals surface area contributed by atoms with Crippen LogP contribution in [0.3, 0.4) is 0 Å². The minimum absolute atomic E-state index is 0. The van der Waals surface area contributed by atoms with Crippen molar-refractivity contribution in [3.63, 3.8) is 0 Å². The van der Waals surface area contributed by atoms with Crippen LogP contribution in [0.15, 0.2) is 0 Å². The van der Waals surface area contributed by atoms with Gasteiger partial charge in [-0.1, -0.05) is 51.4 Å². The van der Waals surface area contributed by atoms with Gasteiger partial charge in [0, 0.05) is 0 Å². The summed E-state index contributed by atoms with van der Waals surface area (Å²) in [6, 6.07) is 0. The smallest absolute Gasteiger partial charge is 0.756 e. The zero-order valence-electron chi connectivity index (χ0n) is 18.1. The van der Waals surface area contributed by atoms with Gasteiger partial charge < -0.3 is 27.9 Å². The van der Waals surface area contributed by atoms with Gasteiger partial charge in [-0.2, -0.15) is 0 Å². The van der Waals surface area contributed by atoms with E-state index < -0.39 is 15.6 Å². The average molecular weight is 525 g/mol. The first-order chi connectivity index (χ1) is 14.3. The molecule has 4 fully saturated rings. The summed E-state index contributed by atoms with van der Waals surface area (Å²) in [6.07, 6.45) is 14.8. The van der Waals surface area contributed by atoms with E-state index >= 15 is 0 Å². The molecule has 4 saturated carbocycles. The number of phosphoric ester groups is 2. The van der Waals surface area contributed by atoms with Gasteiger partial charge in [0.1, 0.15) is 0 Å². The third kappa shape index (κ3) is 10.7. The van der Waals surface area contributed by atoms with Crippen molar-refractivity contribution in [3.8, 4) is 0 Å². The van der Waals surface area contributed by atoms with Crippen LogP contribution < -0.4 is 9.79 Å². The standard InChI is InChI=1S/2C10H19O4P.Ni/c2*11-15(12,13-9-5-1-2-6-9)14-10-7-3-4-8-10;/h2*9-10H,1-8H2,(H,11,12);/q;;+2/p-2. The van der Waals surface area contributed by atoms with Gasteiger partial charge in [0.25, 0.3) is 15.6 Å². The number of rotatable bonds is 8. The van der Waals surface area contributed by atoms with E-state index in [4.69, 9.17) is 18.1 Å². The zero-order chi connectivity index (χ0) is 21.5. The molecule has 0 bridgehead atoms. The second-order valence-corrected chi connectivity index (χ2v) is 11.6. The van der Waals surface area contributed by atoms with Crippen molar-refractivity contribution in [1.82, 2.24) is 0 Å². The Morgan fingerprint density at radius 3 is 0.774 bits per heavy atom. The van der Waals surface area contributed by atoms with Crippen molar-refractivity contribution in [2.45, 2.75) is 127 Å². The molecule has 0 aromatic carbocycles. The minimum Gasteiger partial charge on any atom is -0.756 e. The summed E-state index contributed by atoms with van der Waals surface area (Å²) in [5.41, 5.74) is 0. The van der Waals surface area contributed by atoms with E-state index in [1.807, 2.05) is 0 Å². The molecule has 0 atom stereocenters. The van der Waals surface area contributed by atoms with Gasteiger partial charge in [-0.05, 0) is 51.4 Å². The summed E-state index contributed by atoms with van der Waals surface area (Å²) in [6.45, 7) is 0. The Kier molecular flexibility index (Phi) is 12.2. The van der Waals surface area contributed by atoms with E-state index in [1.54, 1.807) is 0 Å². The van der Waals surface area contributed by atoms with Crippen molar-refractivity contribution in [2.24, 2.45) is 0 Å². The maximum Gasteiger partial charge on any atom is 2.00 e. The predicted octanol–water partition coefficient (Wildman–Crippen LogP) is 4.74. The van der Waals surface area contributed by atoms with Gasteiger partial charge in [-0.15, -0.1) is 0 Å². The van der Waals surface area contributed by atoms with E-state index in [9.17, 15) is 18.9 Å². The van der Waals surface area contributed by atoms with Gasteiger partial charge in [-0.3, -0.25) is 9.13 Å². The van der Waals surface area contributed by atoms with Gasteiger partial charge in [-0.25, -0.2) is 0 Å². The third-order valence-corrected chi connectivity index (χ3v) is 8.55. The summed E-state index contributed by atoms with van der Waals surface area (Å²) in [5, 5.41) is 0. The Morgan fingerprint density at radius 2 is 0.613 bits per heavy atom. The topological polar surface area (TPSA) is 117 Å². The molecule has 0 radical (unpaired) electrons. The molecule has 8 nitrogen and oxygen atoms in total. The van der Waals surface area contributed by atoms with Crippen LogP contribution in [0.1, 0.15) is 103 Å². The third-order valence-electron chi connectivity index (χ3n) is 6.32. The van der Waals surface area contributed by atoms with Gasteiger partial charge in [0.05, 0.1) is 24.4 Å². The Bertz CT molecular complexity index is 502. The van der Waals surface area contributed by atoms with Crippen LogP contribution in [0, 0.1) is 0 Å². The predicted molar refractivity (Wildman–Crippen MR) is 109 cm³/mol.